The second-order valence-electron chi connectivity index (χ2n) is 5.92. The molecule has 0 fully saturated rings. The van der Waals surface area contributed by atoms with Crippen molar-refractivity contribution in [2.45, 2.75) is 0 Å². The van der Waals surface area contributed by atoms with E-state index in [1.54, 1.807) is 0 Å². The highest BCUT2D eigenvalue weighted by Gasteiger charge is 2.17. The fourth-order valence-electron chi connectivity index (χ4n) is 3.15. The highest BCUT2D eigenvalue weighted by atomic mass is 16.6. The Kier molecular flexibility index (Phi) is 3.82. The number of hydrogen-bond donors (Lipinski definition) is 1. The molecule has 0 unspecified atom stereocenters. The van der Waals surface area contributed by atoms with Crippen LogP contribution in [0.15, 0.2) is 83.7 Å². The van der Waals surface area contributed by atoms with Crippen molar-refractivity contribution < 1.29 is 4.92 Å². The molecule has 3 aromatic carbocycles. The van der Waals surface area contributed by atoms with Crippen molar-refractivity contribution in [3.63, 3.8) is 0 Å². The Morgan fingerprint density at radius 1 is 0.769 bits per heavy atom. The number of aromatic amines is 1. The first kappa shape index (κ1) is 15.8. The van der Waals surface area contributed by atoms with E-state index in [4.69, 9.17) is 0 Å². The van der Waals surface area contributed by atoms with Gasteiger partial charge in [0.2, 0.25) is 0 Å². The lowest BCUT2D eigenvalue weighted by Crippen LogP contribution is -2.09. The smallest absolute Gasteiger partial charge is 0.270 e. The number of fused-ring (bicyclic) bond motifs is 1. The first-order valence-electron chi connectivity index (χ1n) is 8.10. The number of non-ortho nitro benzene ring substituents is 1. The normalized spacial score (nSPS) is 10.8. The van der Waals surface area contributed by atoms with E-state index in [9.17, 15) is 14.9 Å². The van der Waals surface area contributed by atoms with Crippen molar-refractivity contribution in [3.05, 3.63) is 99.3 Å². The fraction of sp³-hybridized carbons (Fsp3) is 0. The van der Waals surface area contributed by atoms with Gasteiger partial charge in [0.25, 0.3) is 11.2 Å². The number of hydrogen-bond acceptors (Lipinski definition) is 3. The molecule has 126 valence electrons. The van der Waals surface area contributed by atoms with Gasteiger partial charge in [-0.15, -0.1) is 0 Å². The summed E-state index contributed by atoms with van der Waals surface area (Å²) in [5.41, 5.74) is 2.84. The van der Waals surface area contributed by atoms with Gasteiger partial charge in [0.1, 0.15) is 0 Å². The second-order valence-corrected chi connectivity index (χ2v) is 5.92. The Morgan fingerprint density at radius 3 is 2.00 bits per heavy atom. The third-order valence-corrected chi connectivity index (χ3v) is 4.34. The zero-order valence-electron chi connectivity index (χ0n) is 13.7. The predicted molar refractivity (Wildman–Crippen MR) is 102 cm³/mol. The summed E-state index contributed by atoms with van der Waals surface area (Å²) < 4.78 is 0. The average Bonchev–Trinajstić information content (AvgIpc) is 2.68. The van der Waals surface area contributed by atoms with E-state index >= 15 is 0 Å². The maximum Gasteiger partial charge on any atom is 0.270 e. The number of nitrogens with one attached hydrogen (secondary N) is 1. The molecule has 0 aliphatic heterocycles. The Bertz CT molecular complexity index is 1170. The number of nitro groups is 1. The van der Waals surface area contributed by atoms with E-state index in [1.165, 1.54) is 18.2 Å². The number of aromatic nitrogens is 1. The summed E-state index contributed by atoms with van der Waals surface area (Å²) in [7, 11) is 0. The third kappa shape index (κ3) is 2.65. The SMILES string of the molecule is O=c1[nH]c(-c2ccccc2)c(-c2ccccc2)c2cc([N+](=O)[O-])ccc12. The number of H-pyrrole nitrogens is 1. The van der Waals surface area contributed by atoms with Gasteiger partial charge in [0.15, 0.2) is 0 Å². The van der Waals surface area contributed by atoms with Gasteiger partial charge in [-0.25, -0.2) is 0 Å². The molecule has 0 spiro atoms. The second kappa shape index (κ2) is 6.29. The van der Waals surface area contributed by atoms with Gasteiger partial charge >= 0.3 is 0 Å². The van der Waals surface area contributed by atoms with E-state index in [1.807, 2.05) is 60.7 Å². The first-order chi connectivity index (χ1) is 12.6. The standard InChI is InChI=1S/C21H14N2O3/c24-21-17-12-11-16(23(25)26)13-18(17)19(14-7-3-1-4-8-14)20(22-21)15-9-5-2-6-10-15/h1-13H,(H,22,24). The summed E-state index contributed by atoms with van der Waals surface area (Å²) in [5, 5.41) is 12.2. The minimum atomic E-state index is -0.447. The van der Waals surface area contributed by atoms with Crippen molar-refractivity contribution in [2.75, 3.05) is 0 Å². The Morgan fingerprint density at radius 2 is 1.38 bits per heavy atom. The molecule has 26 heavy (non-hydrogen) atoms. The van der Waals surface area contributed by atoms with Gasteiger partial charge in [-0.05, 0) is 17.2 Å². The molecule has 0 saturated carbocycles. The number of pyridine rings is 1. The van der Waals surface area contributed by atoms with Crippen molar-refractivity contribution in [2.24, 2.45) is 0 Å². The molecule has 1 N–H and O–H groups in total. The average molecular weight is 342 g/mol. The van der Waals surface area contributed by atoms with Crippen LogP contribution in [0, 0.1) is 10.1 Å². The Hall–Kier alpha value is -3.73. The molecule has 4 aromatic rings. The highest BCUT2D eigenvalue weighted by molar-refractivity contribution is 6.03. The molecule has 0 atom stereocenters. The molecular weight excluding hydrogens is 328 g/mol. The van der Waals surface area contributed by atoms with Crippen LogP contribution >= 0.6 is 0 Å². The molecule has 0 saturated heterocycles. The number of benzene rings is 3. The van der Waals surface area contributed by atoms with Crippen molar-refractivity contribution in [1.82, 2.24) is 4.98 Å². The van der Waals surface area contributed by atoms with Crippen LogP contribution in [0.4, 0.5) is 5.69 Å². The van der Waals surface area contributed by atoms with E-state index in [0.717, 1.165) is 16.7 Å². The molecule has 0 radical (unpaired) electrons. The lowest BCUT2D eigenvalue weighted by molar-refractivity contribution is -0.384. The molecule has 5 heteroatoms. The summed E-state index contributed by atoms with van der Waals surface area (Å²) in [6, 6.07) is 23.4. The van der Waals surface area contributed by atoms with Gasteiger partial charge in [-0.1, -0.05) is 60.7 Å². The lowest BCUT2D eigenvalue weighted by atomic mass is 9.94. The van der Waals surface area contributed by atoms with Gasteiger partial charge < -0.3 is 4.98 Å². The number of nitrogens with zero attached hydrogens (tertiary/aromatic N) is 1. The van der Waals surface area contributed by atoms with Crippen LogP contribution in [0.1, 0.15) is 0 Å². The topological polar surface area (TPSA) is 76.0 Å². The maximum absolute atomic E-state index is 12.6. The maximum atomic E-state index is 12.6. The largest absolute Gasteiger partial charge is 0.321 e. The van der Waals surface area contributed by atoms with Gasteiger partial charge in [-0.3, -0.25) is 14.9 Å². The first-order valence-corrected chi connectivity index (χ1v) is 8.10. The molecule has 0 aliphatic rings. The highest BCUT2D eigenvalue weighted by Crippen LogP contribution is 2.36. The van der Waals surface area contributed by atoms with Crippen LogP contribution in [0.5, 0.6) is 0 Å². The summed E-state index contributed by atoms with van der Waals surface area (Å²) in [4.78, 5) is 26.4. The van der Waals surface area contributed by atoms with Crippen LogP contribution in [-0.2, 0) is 0 Å². The fourth-order valence-corrected chi connectivity index (χ4v) is 3.15. The molecule has 0 amide bonds. The van der Waals surface area contributed by atoms with Crippen LogP contribution in [0.3, 0.4) is 0 Å². The van der Waals surface area contributed by atoms with E-state index in [2.05, 4.69) is 4.98 Å². The molecule has 5 nitrogen and oxygen atoms in total. The van der Waals surface area contributed by atoms with Crippen LogP contribution in [-0.4, -0.2) is 9.91 Å². The van der Waals surface area contributed by atoms with E-state index in [0.29, 0.717) is 16.5 Å². The third-order valence-electron chi connectivity index (χ3n) is 4.34. The van der Waals surface area contributed by atoms with Gasteiger partial charge in [0.05, 0.1) is 10.6 Å². The van der Waals surface area contributed by atoms with E-state index < -0.39 is 4.92 Å². The molecule has 1 heterocycles. The van der Waals surface area contributed by atoms with Crippen molar-refractivity contribution in [3.8, 4) is 22.4 Å². The van der Waals surface area contributed by atoms with Crippen LogP contribution < -0.4 is 5.56 Å². The minimum Gasteiger partial charge on any atom is -0.321 e. The lowest BCUT2D eigenvalue weighted by Gasteiger charge is -2.13. The predicted octanol–water partition coefficient (Wildman–Crippen LogP) is 4.77. The summed E-state index contributed by atoms with van der Waals surface area (Å²) >= 11 is 0. The Labute approximate surface area is 148 Å². The number of nitro benzene ring substituents is 1. The van der Waals surface area contributed by atoms with Gasteiger partial charge in [-0.2, -0.15) is 0 Å². The quantitative estimate of drug-likeness (QED) is 0.430. The summed E-state index contributed by atoms with van der Waals surface area (Å²) in [6.45, 7) is 0. The van der Waals surface area contributed by atoms with Gasteiger partial charge in [0, 0.05) is 28.5 Å². The van der Waals surface area contributed by atoms with Crippen LogP contribution in [0.25, 0.3) is 33.2 Å². The zero-order chi connectivity index (χ0) is 18.1. The Balaban J connectivity index is 2.17. The van der Waals surface area contributed by atoms with Crippen LogP contribution in [0.2, 0.25) is 0 Å². The molecule has 0 bridgehead atoms. The minimum absolute atomic E-state index is 0.0423. The van der Waals surface area contributed by atoms with E-state index in [-0.39, 0.29) is 11.2 Å². The van der Waals surface area contributed by atoms with Crippen molar-refractivity contribution in [1.29, 1.82) is 0 Å². The summed E-state index contributed by atoms with van der Waals surface area (Å²) in [5.74, 6) is 0. The summed E-state index contributed by atoms with van der Waals surface area (Å²) in [6.07, 6.45) is 0. The van der Waals surface area contributed by atoms with Crippen molar-refractivity contribution >= 4 is 16.5 Å². The molecule has 1 aromatic heterocycles. The zero-order valence-corrected chi connectivity index (χ0v) is 13.7. The molecular formula is C21H14N2O3. The monoisotopic (exact) mass is 342 g/mol. The number of rotatable bonds is 3. The molecule has 0 aliphatic carbocycles. The molecule has 4 rings (SSSR count).